The number of hydrogen-bond acceptors (Lipinski definition) is 10. The second-order valence-corrected chi connectivity index (χ2v) is 15.8. The van der Waals surface area contributed by atoms with Crippen LogP contribution < -0.4 is 10.6 Å². The maximum atomic E-state index is 13.0. The molecule has 62 heavy (non-hydrogen) atoms. The van der Waals surface area contributed by atoms with Crippen molar-refractivity contribution >= 4 is 33.9 Å². The van der Waals surface area contributed by atoms with Gasteiger partial charge in [0.15, 0.2) is 11.4 Å². The van der Waals surface area contributed by atoms with Gasteiger partial charge in [0.25, 0.3) is 11.8 Å². The Balaban J connectivity index is 0.000000186. The Labute approximate surface area is 351 Å². The molecule has 6 heterocycles. The Hall–Kier alpha value is -5.90. The van der Waals surface area contributed by atoms with Crippen molar-refractivity contribution in [2.45, 2.75) is 101 Å². The standard InChI is InChI=1S/2C20H24F3N7O/c2*1-29(10-7-20(21,22)23)14-4-2-13(3-5-14)26-18(31)17-16-15(6-8-25-16)27-19(28-17)30-11-9-24-12-30/h2*6,8-9,11-14,25H,2-5,7,10H2,1H3,(H,26,31). The molecule has 2 amide bonds. The number of halogens is 6. The summed E-state index contributed by atoms with van der Waals surface area (Å²) in [5.74, 6) is 0.102. The number of rotatable bonds is 12. The van der Waals surface area contributed by atoms with Crippen LogP contribution in [0.4, 0.5) is 26.3 Å². The molecule has 2 aliphatic carbocycles. The van der Waals surface area contributed by atoms with Crippen LogP contribution in [0.15, 0.2) is 62.0 Å². The summed E-state index contributed by atoms with van der Waals surface area (Å²) in [6.07, 6.45) is 9.03. The molecule has 0 spiro atoms. The largest absolute Gasteiger partial charge is 0.390 e. The molecule has 332 valence electrons. The molecule has 22 heteroatoms. The second-order valence-electron chi connectivity index (χ2n) is 15.8. The predicted molar refractivity (Wildman–Crippen MR) is 216 cm³/mol. The average Bonchev–Trinajstić information content (AvgIpc) is 4.10. The van der Waals surface area contributed by atoms with Crippen LogP contribution in [0, 0.1) is 0 Å². The van der Waals surface area contributed by atoms with Crippen LogP contribution >= 0.6 is 0 Å². The van der Waals surface area contributed by atoms with Gasteiger partial charge in [-0.15, -0.1) is 0 Å². The fourth-order valence-corrected chi connectivity index (χ4v) is 7.98. The molecular formula is C40H48F6N14O2. The fraction of sp³-hybridized carbons (Fsp3) is 0.500. The Kier molecular flexibility index (Phi) is 13.5. The monoisotopic (exact) mass is 870 g/mol. The van der Waals surface area contributed by atoms with E-state index < -0.39 is 25.2 Å². The molecule has 4 N–H and O–H groups in total. The lowest BCUT2D eigenvalue weighted by Gasteiger charge is -2.35. The average molecular weight is 871 g/mol. The zero-order valence-electron chi connectivity index (χ0n) is 34.1. The number of carbonyl (C=O) groups is 2. The van der Waals surface area contributed by atoms with Gasteiger partial charge in [0.2, 0.25) is 11.9 Å². The van der Waals surface area contributed by atoms with Crippen LogP contribution in [0.25, 0.3) is 34.0 Å². The molecule has 6 aromatic heterocycles. The van der Waals surface area contributed by atoms with E-state index in [0.717, 1.165) is 25.7 Å². The van der Waals surface area contributed by atoms with E-state index in [4.69, 9.17) is 0 Å². The van der Waals surface area contributed by atoms with Crippen LogP contribution in [-0.2, 0) is 0 Å². The maximum absolute atomic E-state index is 13.0. The first-order valence-electron chi connectivity index (χ1n) is 20.4. The van der Waals surface area contributed by atoms with Crippen molar-refractivity contribution in [1.82, 2.24) is 69.4 Å². The number of carbonyl (C=O) groups excluding carboxylic acids is 2. The first-order valence-corrected chi connectivity index (χ1v) is 20.4. The van der Waals surface area contributed by atoms with Gasteiger partial charge in [-0.05, 0) is 77.6 Å². The van der Waals surface area contributed by atoms with E-state index >= 15 is 0 Å². The zero-order valence-corrected chi connectivity index (χ0v) is 34.1. The van der Waals surface area contributed by atoms with Crippen molar-refractivity contribution in [3.8, 4) is 11.9 Å². The van der Waals surface area contributed by atoms with Crippen molar-refractivity contribution in [1.29, 1.82) is 0 Å². The van der Waals surface area contributed by atoms with Gasteiger partial charge < -0.3 is 30.4 Å². The van der Waals surface area contributed by atoms with E-state index in [1.807, 2.05) is 0 Å². The minimum atomic E-state index is -4.14. The minimum absolute atomic E-state index is 0.00599. The third kappa shape index (κ3) is 11.3. The summed E-state index contributed by atoms with van der Waals surface area (Å²) >= 11 is 0. The number of aromatic amines is 2. The fourth-order valence-electron chi connectivity index (χ4n) is 7.98. The lowest BCUT2D eigenvalue weighted by molar-refractivity contribution is -0.139. The molecule has 0 saturated heterocycles. The molecule has 0 aromatic carbocycles. The third-order valence-corrected chi connectivity index (χ3v) is 11.5. The Bertz CT molecular complexity index is 2210. The summed E-state index contributed by atoms with van der Waals surface area (Å²) in [4.78, 5) is 61.3. The predicted octanol–water partition coefficient (Wildman–Crippen LogP) is 6.14. The number of hydrogen-bond donors (Lipinski definition) is 4. The minimum Gasteiger partial charge on any atom is -0.358 e. The number of H-pyrrole nitrogens is 2. The van der Waals surface area contributed by atoms with Crippen LogP contribution in [0.1, 0.15) is 85.2 Å². The number of aromatic nitrogens is 10. The molecule has 6 aromatic rings. The van der Waals surface area contributed by atoms with Crippen molar-refractivity contribution in [2.24, 2.45) is 0 Å². The molecule has 0 unspecified atom stereocenters. The van der Waals surface area contributed by atoms with Gasteiger partial charge in [0, 0.05) is 74.4 Å². The molecular weight excluding hydrogens is 823 g/mol. The van der Waals surface area contributed by atoms with Gasteiger partial charge in [0.1, 0.15) is 12.7 Å². The molecule has 2 aliphatic rings. The van der Waals surface area contributed by atoms with E-state index in [0.29, 0.717) is 59.6 Å². The lowest BCUT2D eigenvalue weighted by Crippen LogP contribution is -2.43. The highest BCUT2D eigenvalue weighted by molar-refractivity contribution is 6.04. The van der Waals surface area contributed by atoms with Gasteiger partial charge in [-0.1, -0.05) is 0 Å². The molecule has 2 saturated carbocycles. The highest BCUT2D eigenvalue weighted by atomic mass is 19.4. The number of alkyl halides is 6. The van der Waals surface area contributed by atoms with Gasteiger partial charge in [-0.3, -0.25) is 18.7 Å². The Morgan fingerprint density at radius 3 is 1.37 bits per heavy atom. The SMILES string of the molecule is CN(CCC(F)(F)F)C1CCC(NC(=O)c2nc(-n3ccnc3)nc3cc[nH]c23)CC1.CN(CCC(F)(F)F)C1CCC(NC(=O)c2nc(-n3ccnc3)nc3cc[nH]c23)CC1. The van der Waals surface area contributed by atoms with E-state index in [1.54, 1.807) is 95.0 Å². The summed E-state index contributed by atoms with van der Waals surface area (Å²) < 4.78 is 78.0. The zero-order chi connectivity index (χ0) is 44.0. The first-order chi connectivity index (χ1) is 29.6. The van der Waals surface area contributed by atoms with Crippen LogP contribution in [0.3, 0.4) is 0 Å². The van der Waals surface area contributed by atoms with Crippen LogP contribution in [-0.4, -0.2) is 134 Å². The number of fused-ring (bicyclic) bond motifs is 2. The smallest absolute Gasteiger partial charge is 0.358 e. The first kappa shape index (κ1) is 44.2. The second kappa shape index (κ2) is 19.0. The Morgan fingerprint density at radius 1 is 0.645 bits per heavy atom. The van der Waals surface area contributed by atoms with Crippen molar-refractivity contribution in [3.63, 3.8) is 0 Å². The molecule has 0 aliphatic heterocycles. The molecule has 0 atom stereocenters. The highest BCUT2D eigenvalue weighted by Crippen LogP contribution is 2.28. The number of amides is 2. The molecule has 0 radical (unpaired) electrons. The van der Waals surface area contributed by atoms with E-state index in [9.17, 15) is 35.9 Å². The lowest BCUT2D eigenvalue weighted by atomic mass is 9.90. The molecule has 0 bridgehead atoms. The normalized spacial score (nSPS) is 19.8. The topological polar surface area (TPSA) is 183 Å². The Morgan fingerprint density at radius 2 is 1.03 bits per heavy atom. The van der Waals surface area contributed by atoms with Crippen LogP contribution in [0.2, 0.25) is 0 Å². The quantitative estimate of drug-likeness (QED) is 0.104. The van der Waals surface area contributed by atoms with Gasteiger partial charge in [0.05, 0.1) is 34.9 Å². The summed E-state index contributed by atoms with van der Waals surface area (Å²) in [5.41, 5.74) is 2.87. The van der Waals surface area contributed by atoms with Crippen LogP contribution in [0.5, 0.6) is 0 Å². The summed E-state index contributed by atoms with van der Waals surface area (Å²) in [5, 5.41) is 6.07. The van der Waals surface area contributed by atoms with Crippen molar-refractivity contribution in [3.05, 3.63) is 73.4 Å². The van der Waals surface area contributed by atoms with Crippen molar-refractivity contribution in [2.75, 3.05) is 27.2 Å². The van der Waals surface area contributed by atoms with Gasteiger partial charge in [-0.2, -0.15) is 26.3 Å². The van der Waals surface area contributed by atoms with E-state index in [-0.39, 0.29) is 60.5 Å². The van der Waals surface area contributed by atoms with Crippen molar-refractivity contribution < 1.29 is 35.9 Å². The van der Waals surface area contributed by atoms with Gasteiger partial charge in [-0.25, -0.2) is 29.9 Å². The molecule has 2 fully saturated rings. The third-order valence-electron chi connectivity index (χ3n) is 11.5. The number of nitrogens with one attached hydrogen (secondary N) is 4. The number of imidazole rings is 2. The molecule has 8 rings (SSSR count). The van der Waals surface area contributed by atoms with E-state index in [1.165, 1.54) is 0 Å². The summed E-state index contributed by atoms with van der Waals surface area (Å²) in [6.45, 7) is -0.0120. The highest BCUT2D eigenvalue weighted by Gasteiger charge is 2.32. The maximum Gasteiger partial charge on any atom is 0.390 e. The number of nitrogens with zero attached hydrogens (tertiary/aromatic N) is 10. The van der Waals surface area contributed by atoms with Gasteiger partial charge >= 0.3 is 12.4 Å². The summed E-state index contributed by atoms with van der Waals surface area (Å²) in [7, 11) is 3.46. The van der Waals surface area contributed by atoms with E-state index in [2.05, 4.69) is 50.5 Å². The molecule has 16 nitrogen and oxygen atoms in total. The summed E-state index contributed by atoms with van der Waals surface area (Å²) in [6, 6.07) is 3.65.